The maximum atomic E-state index is 11.9. The third-order valence-electron chi connectivity index (χ3n) is 8.41. The first kappa shape index (κ1) is 31.9. The highest BCUT2D eigenvalue weighted by molar-refractivity contribution is 7.88. The lowest BCUT2D eigenvalue weighted by Crippen LogP contribution is -2.08. The van der Waals surface area contributed by atoms with Crippen LogP contribution in [0.3, 0.4) is 0 Å². The average molecular weight is 717 g/mol. The van der Waals surface area contributed by atoms with Gasteiger partial charge in [0.15, 0.2) is 4.21 Å². The summed E-state index contributed by atoms with van der Waals surface area (Å²) in [6, 6.07) is 23.6. The number of thiophene rings is 2. The van der Waals surface area contributed by atoms with Crippen molar-refractivity contribution in [2.45, 2.75) is 50.1 Å². The Labute approximate surface area is 291 Å². The second-order valence-electron chi connectivity index (χ2n) is 11.7. The standard InChI is InChI=1S/C35H32N4O7S3/c40-49(41,42)31-16-30-35(48-31)33-26(20-46-30)28(37-39(33)18-24-10-5-2-6-11-24)22-44-14-7-13-43-21-27-25-19-45-29-12-15-47-34(29)32(25)38(36-27)17-23-8-3-1-4-9-23/h1-6,8-12,15-16H,7,13-14,17-22H2,(H,40,41,42). The summed E-state index contributed by atoms with van der Waals surface area (Å²) in [7, 11) is -4.37. The molecule has 0 radical (unpaired) electrons. The number of benzene rings is 2. The van der Waals surface area contributed by atoms with E-state index in [-0.39, 0.29) is 17.4 Å². The molecular weight excluding hydrogens is 685 g/mol. The molecule has 14 heteroatoms. The molecule has 0 fully saturated rings. The monoisotopic (exact) mass is 716 g/mol. The van der Waals surface area contributed by atoms with Crippen LogP contribution >= 0.6 is 22.7 Å². The van der Waals surface area contributed by atoms with Crippen molar-refractivity contribution >= 4 is 32.8 Å². The van der Waals surface area contributed by atoms with Crippen molar-refractivity contribution in [2.24, 2.45) is 0 Å². The van der Waals surface area contributed by atoms with Gasteiger partial charge in [0.1, 0.15) is 24.7 Å². The van der Waals surface area contributed by atoms with Gasteiger partial charge in [-0.25, -0.2) is 0 Å². The van der Waals surface area contributed by atoms with E-state index >= 15 is 0 Å². The lowest BCUT2D eigenvalue weighted by Gasteiger charge is -2.16. The second kappa shape index (κ2) is 13.5. The van der Waals surface area contributed by atoms with Gasteiger partial charge in [-0.15, -0.1) is 22.7 Å². The summed E-state index contributed by atoms with van der Waals surface area (Å²) >= 11 is 2.63. The molecule has 49 heavy (non-hydrogen) atoms. The average Bonchev–Trinajstić information content (AvgIpc) is 3.89. The molecule has 0 unspecified atom stereocenters. The molecule has 0 amide bonds. The Bertz CT molecular complexity index is 2210. The van der Waals surface area contributed by atoms with Crippen LogP contribution in [0.15, 0.2) is 82.4 Å². The Morgan fingerprint density at radius 3 is 1.88 bits per heavy atom. The Morgan fingerprint density at radius 1 is 0.755 bits per heavy atom. The molecule has 0 saturated carbocycles. The molecule has 8 rings (SSSR count). The summed E-state index contributed by atoms with van der Waals surface area (Å²) in [6.07, 6.45) is 0.675. The molecule has 0 aliphatic carbocycles. The Balaban J connectivity index is 0.916. The number of aromatic nitrogens is 4. The van der Waals surface area contributed by atoms with E-state index in [2.05, 4.69) is 16.8 Å². The van der Waals surface area contributed by atoms with Crippen LogP contribution in [0.5, 0.6) is 11.5 Å². The maximum absolute atomic E-state index is 11.9. The predicted octanol–water partition coefficient (Wildman–Crippen LogP) is 6.79. The predicted molar refractivity (Wildman–Crippen MR) is 185 cm³/mol. The quantitative estimate of drug-likeness (QED) is 0.102. The van der Waals surface area contributed by atoms with Crippen molar-refractivity contribution in [3.05, 3.63) is 112 Å². The Kier molecular flexibility index (Phi) is 8.82. The number of nitrogens with zero attached hydrogens (tertiary/aromatic N) is 4. The first-order valence-corrected chi connectivity index (χ1v) is 18.9. The highest BCUT2D eigenvalue weighted by Gasteiger charge is 2.31. The number of fused-ring (bicyclic) bond motifs is 6. The lowest BCUT2D eigenvalue weighted by molar-refractivity contribution is 0.0661. The van der Waals surface area contributed by atoms with E-state index < -0.39 is 10.1 Å². The SMILES string of the molecule is O=S(=O)(O)c1cc2c(s1)-c1c(c(COCCCOCc3nn(Cc4ccccc4)c4c3COc3ccsc3-4)nn1Cc1ccccc1)CO2. The normalized spacial score (nSPS) is 13.2. The number of rotatable bonds is 13. The minimum absolute atomic E-state index is 0.164. The molecule has 0 spiro atoms. The molecule has 1 N–H and O–H groups in total. The molecule has 4 aromatic heterocycles. The van der Waals surface area contributed by atoms with Crippen molar-refractivity contribution < 1.29 is 31.9 Å². The van der Waals surface area contributed by atoms with Gasteiger partial charge in [0.05, 0.1) is 58.8 Å². The molecule has 0 atom stereocenters. The van der Waals surface area contributed by atoms with Crippen LogP contribution in [0, 0.1) is 0 Å². The van der Waals surface area contributed by atoms with Gasteiger partial charge in [0, 0.05) is 30.4 Å². The fourth-order valence-electron chi connectivity index (χ4n) is 6.12. The summed E-state index contributed by atoms with van der Waals surface area (Å²) < 4.78 is 61.3. The molecule has 0 saturated heterocycles. The Morgan fingerprint density at radius 2 is 1.31 bits per heavy atom. The van der Waals surface area contributed by atoms with Crippen LogP contribution in [0.4, 0.5) is 0 Å². The molecule has 0 bridgehead atoms. The lowest BCUT2D eigenvalue weighted by atomic mass is 10.1. The molecule has 252 valence electrons. The molecular formula is C35H32N4O7S3. The van der Waals surface area contributed by atoms with Crippen LogP contribution < -0.4 is 9.47 Å². The van der Waals surface area contributed by atoms with Crippen molar-refractivity contribution in [1.29, 1.82) is 0 Å². The molecule has 11 nitrogen and oxygen atoms in total. The summed E-state index contributed by atoms with van der Waals surface area (Å²) in [6.45, 7) is 3.42. The topological polar surface area (TPSA) is 127 Å². The zero-order valence-corrected chi connectivity index (χ0v) is 28.7. The minimum atomic E-state index is -4.37. The summed E-state index contributed by atoms with van der Waals surface area (Å²) in [5.74, 6) is 1.31. The summed E-state index contributed by atoms with van der Waals surface area (Å²) in [4.78, 5) is 1.71. The fourth-order valence-corrected chi connectivity index (χ4v) is 8.87. The van der Waals surface area contributed by atoms with E-state index in [9.17, 15) is 13.0 Å². The zero-order valence-electron chi connectivity index (χ0n) is 26.3. The van der Waals surface area contributed by atoms with Crippen LogP contribution in [-0.4, -0.2) is 45.7 Å². The maximum Gasteiger partial charge on any atom is 0.304 e. The first-order chi connectivity index (χ1) is 23.9. The van der Waals surface area contributed by atoms with Crippen molar-refractivity contribution in [3.8, 4) is 32.6 Å². The highest BCUT2D eigenvalue weighted by Crippen LogP contribution is 2.46. The fraction of sp³-hybridized carbons (Fsp3) is 0.257. The Hall–Kier alpha value is -4.31. The van der Waals surface area contributed by atoms with E-state index in [0.717, 1.165) is 61.4 Å². The van der Waals surface area contributed by atoms with Gasteiger partial charge >= 0.3 is 10.1 Å². The number of ether oxygens (including phenoxy) is 4. The smallest absolute Gasteiger partial charge is 0.304 e. The third-order valence-corrected chi connectivity index (χ3v) is 11.7. The summed E-state index contributed by atoms with van der Waals surface area (Å²) in [5.41, 5.74) is 7.62. The van der Waals surface area contributed by atoms with E-state index in [1.807, 2.05) is 64.7 Å². The van der Waals surface area contributed by atoms with Crippen LogP contribution in [0.2, 0.25) is 0 Å². The zero-order chi connectivity index (χ0) is 33.4. The van der Waals surface area contributed by atoms with Crippen molar-refractivity contribution in [1.82, 2.24) is 19.6 Å². The van der Waals surface area contributed by atoms with Gasteiger partial charge in [-0.1, -0.05) is 60.7 Å². The second-order valence-corrected chi connectivity index (χ2v) is 15.3. The first-order valence-electron chi connectivity index (χ1n) is 15.8. The summed E-state index contributed by atoms with van der Waals surface area (Å²) in [5, 5.41) is 11.9. The number of hydrogen-bond donors (Lipinski definition) is 1. The van der Waals surface area contributed by atoms with E-state index in [0.29, 0.717) is 56.6 Å². The van der Waals surface area contributed by atoms with Gasteiger partial charge in [-0.05, 0) is 29.0 Å². The largest absolute Gasteiger partial charge is 0.487 e. The van der Waals surface area contributed by atoms with Crippen molar-refractivity contribution in [2.75, 3.05) is 13.2 Å². The van der Waals surface area contributed by atoms with E-state index in [1.165, 1.54) is 11.6 Å². The van der Waals surface area contributed by atoms with Gasteiger partial charge in [-0.3, -0.25) is 13.9 Å². The van der Waals surface area contributed by atoms with Crippen LogP contribution in [0.25, 0.3) is 21.1 Å². The van der Waals surface area contributed by atoms with Gasteiger partial charge < -0.3 is 18.9 Å². The van der Waals surface area contributed by atoms with Crippen LogP contribution in [0.1, 0.15) is 40.1 Å². The molecule has 6 heterocycles. The van der Waals surface area contributed by atoms with Crippen LogP contribution in [-0.2, 0) is 59.1 Å². The third kappa shape index (κ3) is 6.55. The number of hydrogen-bond acceptors (Lipinski definition) is 10. The molecule has 6 aromatic rings. The van der Waals surface area contributed by atoms with Gasteiger partial charge in [0.2, 0.25) is 0 Å². The van der Waals surface area contributed by atoms with Crippen molar-refractivity contribution in [3.63, 3.8) is 0 Å². The van der Waals surface area contributed by atoms with Gasteiger partial charge in [0.25, 0.3) is 0 Å². The molecule has 2 aliphatic heterocycles. The van der Waals surface area contributed by atoms with E-state index in [1.54, 1.807) is 11.3 Å². The van der Waals surface area contributed by atoms with Gasteiger partial charge in [-0.2, -0.15) is 18.6 Å². The molecule has 2 aromatic carbocycles. The highest BCUT2D eigenvalue weighted by atomic mass is 32.3. The van der Waals surface area contributed by atoms with E-state index in [4.69, 9.17) is 29.1 Å². The minimum Gasteiger partial charge on any atom is -0.487 e. The molecule has 2 aliphatic rings.